The van der Waals surface area contributed by atoms with Crippen LogP contribution in [0.15, 0.2) is 65.6 Å². The predicted molar refractivity (Wildman–Crippen MR) is 147 cm³/mol. The van der Waals surface area contributed by atoms with Gasteiger partial charge in [0.25, 0.3) is 0 Å². The number of hydrogen-bond donors (Lipinski definition) is 3. The molecular weight excluding hydrogens is 502 g/mol. The van der Waals surface area contributed by atoms with Crippen molar-refractivity contribution in [3.05, 3.63) is 71.8 Å². The van der Waals surface area contributed by atoms with Crippen LogP contribution >= 0.6 is 0 Å². The van der Waals surface area contributed by atoms with Crippen LogP contribution in [-0.4, -0.2) is 60.6 Å². The van der Waals surface area contributed by atoms with Crippen molar-refractivity contribution in [2.24, 2.45) is 5.73 Å². The zero-order valence-corrected chi connectivity index (χ0v) is 21.8. The fourth-order valence-corrected chi connectivity index (χ4v) is 5.59. The van der Waals surface area contributed by atoms with E-state index in [4.69, 9.17) is 5.73 Å². The Bertz CT molecular complexity index is 1580. The second-order valence-corrected chi connectivity index (χ2v) is 11.1. The van der Waals surface area contributed by atoms with E-state index in [0.29, 0.717) is 41.3 Å². The van der Waals surface area contributed by atoms with Crippen LogP contribution in [0.5, 0.6) is 0 Å². The van der Waals surface area contributed by atoms with Gasteiger partial charge in [0.15, 0.2) is 0 Å². The van der Waals surface area contributed by atoms with Gasteiger partial charge in [-0.15, -0.1) is 10.2 Å². The Morgan fingerprint density at radius 1 is 1.00 bits per heavy atom. The molecule has 0 spiro atoms. The summed E-state index contributed by atoms with van der Waals surface area (Å²) in [6.45, 7) is 5.11. The molecular formula is C27H29N7O3S. The van der Waals surface area contributed by atoms with E-state index >= 15 is 0 Å². The first-order valence-electron chi connectivity index (χ1n) is 12.4. The Balaban J connectivity index is 1.28. The minimum atomic E-state index is -3.58. The third kappa shape index (κ3) is 5.80. The molecule has 1 aliphatic rings. The van der Waals surface area contributed by atoms with E-state index < -0.39 is 15.9 Å². The number of benzene rings is 3. The number of carbonyl (C=O) groups excluding carboxylic acids is 1. The lowest BCUT2D eigenvalue weighted by atomic mass is 9.98. The topological polar surface area (TPSA) is 143 Å². The van der Waals surface area contributed by atoms with Gasteiger partial charge in [-0.25, -0.2) is 18.1 Å². The summed E-state index contributed by atoms with van der Waals surface area (Å²) >= 11 is 0. The Morgan fingerprint density at radius 3 is 2.50 bits per heavy atom. The first-order valence-corrected chi connectivity index (χ1v) is 13.9. The molecule has 5 rings (SSSR count). The molecule has 1 saturated heterocycles. The Labute approximate surface area is 221 Å². The molecule has 0 atom stereocenters. The summed E-state index contributed by atoms with van der Waals surface area (Å²) in [6, 6.07) is 17.3. The van der Waals surface area contributed by atoms with Crippen molar-refractivity contribution in [2.75, 3.05) is 31.5 Å². The summed E-state index contributed by atoms with van der Waals surface area (Å²) in [6.07, 6.45) is 2.34. The number of anilines is 2. The van der Waals surface area contributed by atoms with Crippen molar-refractivity contribution in [3.8, 4) is 11.1 Å². The highest BCUT2D eigenvalue weighted by atomic mass is 32.2. The van der Waals surface area contributed by atoms with Crippen LogP contribution in [0.4, 0.5) is 11.6 Å². The van der Waals surface area contributed by atoms with Crippen molar-refractivity contribution < 1.29 is 13.2 Å². The van der Waals surface area contributed by atoms with Gasteiger partial charge in [0.05, 0.1) is 10.4 Å². The van der Waals surface area contributed by atoms with Gasteiger partial charge >= 0.3 is 0 Å². The summed E-state index contributed by atoms with van der Waals surface area (Å²) in [7, 11) is -3.58. The number of aryl methyl sites for hydroxylation is 1. The zero-order valence-electron chi connectivity index (χ0n) is 21.0. The maximum atomic E-state index is 12.6. The van der Waals surface area contributed by atoms with E-state index in [2.05, 4.69) is 30.1 Å². The van der Waals surface area contributed by atoms with Crippen LogP contribution < -0.4 is 15.8 Å². The smallest absolute Gasteiger partial charge is 0.248 e. The number of aromatic nitrogens is 3. The van der Waals surface area contributed by atoms with Crippen LogP contribution in [-0.2, 0) is 10.0 Å². The molecule has 3 aromatic carbocycles. The minimum Gasteiger partial charge on any atom is -0.366 e. The number of sulfonamides is 1. The molecule has 4 N–H and O–H groups in total. The van der Waals surface area contributed by atoms with Gasteiger partial charge in [0, 0.05) is 24.3 Å². The predicted octanol–water partition coefficient (Wildman–Crippen LogP) is 3.22. The molecule has 1 fully saturated rings. The third-order valence-corrected chi connectivity index (χ3v) is 8.07. The van der Waals surface area contributed by atoms with Gasteiger partial charge < -0.3 is 16.0 Å². The maximum absolute atomic E-state index is 12.6. The summed E-state index contributed by atoms with van der Waals surface area (Å²) in [5, 5.41) is 11.6. The number of amides is 1. The quantitative estimate of drug-likeness (QED) is 0.299. The fourth-order valence-electron chi connectivity index (χ4n) is 4.57. The van der Waals surface area contributed by atoms with E-state index in [0.717, 1.165) is 29.8 Å². The Morgan fingerprint density at radius 2 is 1.76 bits per heavy atom. The van der Waals surface area contributed by atoms with Crippen LogP contribution in [0.1, 0.15) is 28.8 Å². The van der Waals surface area contributed by atoms with Crippen molar-refractivity contribution in [1.29, 1.82) is 0 Å². The van der Waals surface area contributed by atoms with E-state index in [1.807, 2.05) is 25.1 Å². The van der Waals surface area contributed by atoms with Gasteiger partial charge in [-0.1, -0.05) is 12.1 Å². The second-order valence-electron chi connectivity index (χ2n) is 9.33. The molecule has 11 heteroatoms. The average Bonchev–Trinajstić information content (AvgIpc) is 3.42. The molecule has 2 heterocycles. The normalized spacial score (nSPS) is 14.1. The molecule has 10 nitrogen and oxygen atoms in total. The number of primary amides is 1. The average molecular weight is 532 g/mol. The molecule has 4 aromatic rings. The zero-order chi connectivity index (χ0) is 26.7. The third-order valence-electron chi connectivity index (χ3n) is 6.60. The number of nitrogens with two attached hydrogens (primary N) is 1. The number of fused-ring (bicyclic) bond motifs is 1. The highest BCUT2D eigenvalue weighted by Gasteiger charge is 2.16. The largest absolute Gasteiger partial charge is 0.366 e. The molecule has 1 aliphatic heterocycles. The van der Waals surface area contributed by atoms with E-state index in [-0.39, 0.29) is 4.90 Å². The standard InChI is InChI=1S/C27H29N7O3S/c1-18-15-24-25(17-23(18)19-5-4-6-20(16-19)26(28)35)32-33-27(31-24)30-21-7-9-22(10-8-21)38(36,37)29-11-14-34-12-2-3-13-34/h4-10,15-17,29H,2-3,11-14H2,1H3,(H2,28,35)(H,30,31,33). The van der Waals surface area contributed by atoms with E-state index in [9.17, 15) is 13.2 Å². The monoisotopic (exact) mass is 531 g/mol. The van der Waals surface area contributed by atoms with E-state index in [1.165, 1.54) is 12.8 Å². The lowest BCUT2D eigenvalue weighted by molar-refractivity contribution is 0.100. The molecule has 38 heavy (non-hydrogen) atoms. The van der Waals surface area contributed by atoms with Crippen molar-refractivity contribution in [3.63, 3.8) is 0 Å². The number of likely N-dealkylation sites (tertiary alicyclic amines) is 1. The molecule has 0 unspecified atom stereocenters. The number of nitrogens with zero attached hydrogens (tertiary/aromatic N) is 4. The highest BCUT2D eigenvalue weighted by molar-refractivity contribution is 7.89. The number of carbonyl (C=O) groups is 1. The minimum absolute atomic E-state index is 0.200. The molecule has 0 bridgehead atoms. The summed E-state index contributed by atoms with van der Waals surface area (Å²) in [5.41, 5.74) is 10.5. The molecule has 196 valence electrons. The molecule has 0 radical (unpaired) electrons. The lowest BCUT2D eigenvalue weighted by Gasteiger charge is -2.15. The second kappa shape index (κ2) is 10.8. The van der Waals surface area contributed by atoms with Crippen molar-refractivity contribution in [2.45, 2.75) is 24.7 Å². The summed E-state index contributed by atoms with van der Waals surface area (Å²) < 4.78 is 27.9. The Kier molecular flexibility index (Phi) is 7.32. The van der Waals surface area contributed by atoms with Gasteiger partial charge in [-0.05, 0) is 98.1 Å². The lowest BCUT2D eigenvalue weighted by Crippen LogP contribution is -2.33. The van der Waals surface area contributed by atoms with Crippen LogP contribution in [0, 0.1) is 6.92 Å². The first-order chi connectivity index (χ1) is 18.3. The van der Waals surface area contributed by atoms with Crippen LogP contribution in [0.3, 0.4) is 0 Å². The summed E-state index contributed by atoms with van der Waals surface area (Å²) in [5.74, 6) is -0.193. The van der Waals surface area contributed by atoms with Crippen LogP contribution in [0.2, 0.25) is 0 Å². The SMILES string of the molecule is Cc1cc2nc(Nc3ccc(S(=O)(=O)NCCN4CCCC4)cc3)nnc2cc1-c1cccc(C(N)=O)c1. The van der Waals surface area contributed by atoms with Gasteiger partial charge in [0.2, 0.25) is 21.9 Å². The fraction of sp³-hybridized carbons (Fsp3) is 0.259. The van der Waals surface area contributed by atoms with Crippen molar-refractivity contribution >= 4 is 38.6 Å². The number of rotatable bonds is 9. The van der Waals surface area contributed by atoms with Gasteiger partial charge in [-0.2, -0.15) is 0 Å². The van der Waals surface area contributed by atoms with Gasteiger partial charge in [0.1, 0.15) is 5.52 Å². The van der Waals surface area contributed by atoms with Gasteiger partial charge in [-0.3, -0.25) is 4.79 Å². The maximum Gasteiger partial charge on any atom is 0.248 e. The first kappa shape index (κ1) is 25.7. The summed E-state index contributed by atoms with van der Waals surface area (Å²) in [4.78, 5) is 18.6. The molecule has 1 aromatic heterocycles. The Hall–Kier alpha value is -3.93. The number of nitrogens with one attached hydrogen (secondary N) is 2. The van der Waals surface area contributed by atoms with Crippen LogP contribution in [0.25, 0.3) is 22.2 Å². The number of hydrogen-bond acceptors (Lipinski definition) is 8. The molecule has 0 aliphatic carbocycles. The van der Waals surface area contributed by atoms with E-state index in [1.54, 1.807) is 42.5 Å². The molecule has 0 saturated carbocycles. The van der Waals surface area contributed by atoms with Crippen molar-refractivity contribution in [1.82, 2.24) is 24.8 Å². The molecule has 1 amide bonds. The highest BCUT2D eigenvalue weighted by Crippen LogP contribution is 2.28.